The van der Waals surface area contributed by atoms with Gasteiger partial charge in [-0.3, -0.25) is 4.98 Å². The van der Waals surface area contributed by atoms with Gasteiger partial charge in [-0.15, -0.1) is 0 Å². The maximum Gasteiger partial charge on any atom is 0.490 e. The number of methoxy groups -OCH3 is 1. The number of urea groups is 1. The van der Waals surface area contributed by atoms with E-state index in [1.807, 2.05) is 42.5 Å². The molecule has 0 aliphatic carbocycles. The quantitative estimate of drug-likeness (QED) is 0.582. The van der Waals surface area contributed by atoms with Crippen molar-refractivity contribution in [3.63, 3.8) is 0 Å². The van der Waals surface area contributed by atoms with Crippen molar-refractivity contribution in [2.45, 2.75) is 24.6 Å². The van der Waals surface area contributed by atoms with Crippen LogP contribution in [0.3, 0.4) is 0 Å². The molecule has 8 nitrogen and oxygen atoms in total. The number of rotatable bonds is 4. The number of alkyl halides is 3. The minimum Gasteiger partial charge on any atom is -0.495 e. The number of carboxylic acids is 1. The molecule has 0 bridgehead atoms. The Hall–Kier alpha value is -3.34. The number of amides is 2. The molecule has 1 aromatic carbocycles. The summed E-state index contributed by atoms with van der Waals surface area (Å²) in [4.78, 5) is 25.6. The van der Waals surface area contributed by atoms with E-state index >= 15 is 0 Å². The molecule has 3 rings (SSSR count). The first-order valence-corrected chi connectivity index (χ1v) is 9.34. The number of carbonyl (C=O) groups is 2. The van der Waals surface area contributed by atoms with Gasteiger partial charge in [-0.25, -0.2) is 9.59 Å². The van der Waals surface area contributed by atoms with Crippen molar-refractivity contribution >= 4 is 17.7 Å². The van der Waals surface area contributed by atoms with Crippen LogP contribution in [0.5, 0.6) is 5.75 Å². The number of pyridine rings is 1. The lowest BCUT2D eigenvalue weighted by Gasteiger charge is -2.32. The van der Waals surface area contributed by atoms with Crippen LogP contribution in [0.1, 0.15) is 18.0 Å². The normalized spacial score (nSPS) is 18.2. The first-order valence-electron chi connectivity index (χ1n) is 9.34. The Balaban J connectivity index is 0.000000423. The van der Waals surface area contributed by atoms with Crippen LogP contribution in [-0.2, 0) is 4.79 Å². The van der Waals surface area contributed by atoms with Gasteiger partial charge in [0.25, 0.3) is 0 Å². The number of hydrogen-bond acceptors (Lipinski definition) is 5. The molecule has 2 heterocycles. The topological polar surface area (TPSA) is 113 Å². The molecule has 168 valence electrons. The van der Waals surface area contributed by atoms with Gasteiger partial charge in [0.2, 0.25) is 0 Å². The Morgan fingerprint density at radius 2 is 1.87 bits per heavy atom. The first kappa shape index (κ1) is 23.9. The van der Waals surface area contributed by atoms with Crippen molar-refractivity contribution in [2.24, 2.45) is 0 Å². The third kappa shape index (κ3) is 7.78. The number of halogens is 3. The highest BCUT2D eigenvalue weighted by Gasteiger charge is 2.38. The van der Waals surface area contributed by atoms with Gasteiger partial charge >= 0.3 is 18.2 Å². The molecule has 11 heteroatoms. The second kappa shape index (κ2) is 11.2. The maximum atomic E-state index is 12.3. The summed E-state index contributed by atoms with van der Waals surface area (Å²) in [5.74, 6) is -1.90. The zero-order chi connectivity index (χ0) is 22.9. The van der Waals surface area contributed by atoms with E-state index < -0.39 is 12.1 Å². The molecule has 2 unspecified atom stereocenters. The predicted molar refractivity (Wildman–Crippen MR) is 107 cm³/mol. The fraction of sp³-hybridized carbons (Fsp3) is 0.350. The van der Waals surface area contributed by atoms with Gasteiger partial charge < -0.3 is 25.8 Å². The van der Waals surface area contributed by atoms with Crippen LogP contribution >= 0.6 is 0 Å². The van der Waals surface area contributed by atoms with Crippen molar-refractivity contribution in [1.82, 2.24) is 15.6 Å². The lowest BCUT2D eigenvalue weighted by Crippen LogP contribution is -2.49. The second-order valence-electron chi connectivity index (χ2n) is 6.60. The molecule has 1 aliphatic rings. The molecule has 1 aliphatic heterocycles. The van der Waals surface area contributed by atoms with Gasteiger partial charge in [0.05, 0.1) is 13.3 Å². The molecule has 2 amide bonds. The Bertz CT molecular complexity index is 848. The largest absolute Gasteiger partial charge is 0.495 e. The highest BCUT2D eigenvalue weighted by atomic mass is 19.4. The van der Waals surface area contributed by atoms with Crippen molar-refractivity contribution in [2.75, 3.05) is 25.5 Å². The van der Waals surface area contributed by atoms with Crippen LogP contribution < -0.4 is 20.7 Å². The summed E-state index contributed by atoms with van der Waals surface area (Å²) < 4.78 is 36.9. The SMILES string of the molecule is COc1ccc(C2CNCCC2NC(=O)Nc2ccccc2)nc1.O=C(O)C(F)(F)F. The summed E-state index contributed by atoms with van der Waals surface area (Å²) in [6.45, 7) is 1.67. The standard InChI is InChI=1S/C18H22N4O2.C2HF3O2/c1-24-14-7-8-16(20-11-14)15-12-19-10-9-17(15)22-18(23)21-13-5-3-2-4-6-13;3-2(4,5)1(6)7/h2-8,11,15,17,19H,9-10,12H2,1H3,(H2,21,22,23);(H,6,7). The predicted octanol–water partition coefficient (Wildman–Crippen LogP) is 2.99. The van der Waals surface area contributed by atoms with E-state index in [1.54, 1.807) is 13.3 Å². The van der Waals surface area contributed by atoms with E-state index in [4.69, 9.17) is 14.6 Å². The molecule has 1 saturated heterocycles. The summed E-state index contributed by atoms with van der Waals surface area (Å²) in [5, 5.41) is 16.4. The number of anilines is 1. The number of ether oxygens (including phenoxy) is 1. The van der Waals surface area contributed by atoms with Crippen LogP contribution in [0.2, 0.25) is 0 Å². The average molecular weight is 440 g/mol. The number of hydrogen-bond donors (Lipinski definition) is 4. The van der Waals surface area contributed by atoms with Gasteiger partial charge in [-0.1, -0.05) is 18.2 Å². The molecular formula is C20H23F3N4O4. The number of para-hydroxylation sites is 1. The molecule has 1 aromatic heterocycles. The third-order valence-electron chi connectivity index (χ3n) is 4.45. The van der Waals surface area contributed by atoms with E-state index in [0.29, 0.717) is 0 Å². The number of carbonyl (C=O) groups excluding carboxylic acids is 1. The summed E-state index contributed by atoms with van der Waals surface area (Å²) in [6, 6.07) is 13.1. The second-order valence-corrected chi connectivity index (χ2v) is 6.60. The van der Waals surface area contributed by atoms with E-state index in [2.05, 4.69) is 20.9 Å². The maximum absolute atomic E-state index is 12.3. The van der Waals surface area contributed by atoms with Gasteiger partial charge in [0, 0.05) is 29.9 Å². The lowest BCUT2D eigenvalue weighted by atomic mass is 9.90. The highest BCUT2D eigenvalue weighted by Crippen LogP contribution is 2.24. The number of benzene rings is 1. The van der Waals surface area contributed by atoms with Gasteiger partial charge in [0.1, 0.15) is 5.75 Å². The molecule has 0 spiro atoms. The van der Waals surface area contributed by atoms with Crippen LogP contribution in [0.15, 0.2) is 48.7 Å². The number of piperidine rings is 1. The van der Waals surface area contributed by atoms with E-state index in [0.717, 1.165) is 36.6 Å². The Morgan fingerprint density at radius 1 is 1.19 bits per heavy atom. The summed E-state index contributed by atoms with van der Waals surface area (Å²) in [5.41, 5.74) is 1.73. The fourth-order valence-corrected chi connectivity index (χ4v) is 2.93. The van der Waals surface area contributed by atoms with Crippen molar-refractivity contribution < 1.29 is 32.6 Å². The molecular weight excluding hydrogens is 417 g/mol. The van der Waals surface area contributed by atoms with Crippen LogP contribution in [-0.4, -0.2) is 54.5 Å². The van der Waals surface area contributed by atoms with Gasteiger partial charge in [0.15, 0.2) is 0 Å². The molecule has 2 aromatic rings. The summed E-state index contributed by atoms with van der Waals surface area (Å²) in [6.07, 6.45) is -2.51. The van der Waals surface area contributed by atoms with E-state index in [9.17, 15) is 18.0 Å². The zero-order valence-electron chi connectivity index (χ0n) is 16.6. The van der Waals surface area contributed by atoms with Gasteiger partial charge in [-0.05, 0) is 37.2 Å². The highest BCUT2D eigenvalue weighted by molar-refractivity contribution is 5.89. The van der Waals surface area contributed by atoms with Crippen molar-refractivity contribution in [1.29, 1.82) is 0 Å². The molecule has 31 heavy (non-hydrogen) atoms. The van der Waals surface area contributed by atoms with Crippen molar-refractivity contribution in [3.8, 4) is 5.75 Å². The number of aliphatic carboxylic acids is 1. The van der Waals surface area contributed by atoms with Crippen LogP contribution in [0.4, 0.5) is 23.7 Å². The number of carboxylic acid groups (broad SMARTS) is 1. The fourth-order valence-electron chi connectivity index (χ4n) is 2.93. The molecule has 0 saturated carbocycles. The van der Waals surface area contributed by atoms with Crippen molar-refractivity contribution in [3.05, 3.63) is 54.4 Å². The van der Waals surface area contributed by atoms with E-state index in [-0.39, 0.29) is 18.0 Å². The van der Waals surface area contributed by atoms with Gasteiger partial charge in [-0.2, -0.15) is 13.2 Å². The monoisotopic (exact) mass is 440 g/mol. The van der Waals surface area contributed by atoms with E-state index in [1.165, 1.54) is 0 Å². The molecule has 0 radical (unpaired) electrons. The summed E-state index contributed by atoms with van der Waals surface area (Å²) >= 11 is 0. The minimum absolute atomic E-state index is 0.0378. The minimum atomic E-state index is -5.08. The Kier molecular flexibility index (Phi) is 8.62. The molecule has 4 N–H and O–H groups in total. The summed E-state index contributed by atoms with van der Waals surface area (Å²) in [7, 11) is 1.62. The average Bonchev–Trinajstić information content (AvgIpc) is 2.75. The Morgan fingerprint density at radius 3 is 2.42 bits per heavy atom. The third-order valence-corrected chi connectivity index (χ3v) is 4.45. The number of nitrogens with one attached hydrogen (secondary N) is 3. The smallest absolute Gasteiger partial charge is 0.490 e. The Labute approximate surface area is 176 Å². The van der Waals surface area contributed by atoms with Crippen LogP contribution in [0, 0.1) is 0 Å². The number of nitrogens with zero attached hydrogens (tertiary/aromatic N) is 1. The number of aromatic nitrogens is 1. The first-order chi connectivity index (χ1) is 14.7. The lowest BCUT2D eigenvalue weighted by molar-refractivity contribution is -0.192. The zero-order valence-corrected chi connectivity index (χ0v) is 16.6. The molecule has 1 fully saturated rings. The molecule has 2 atom stereocenters. The van der Waals surface area contributed by atoms with Crippen LogP contribution in [0.25, 0.3) is 0 Å².